The first-order valence-electron chi connectivity index (χ1n) is 8.02. The Balaban J connectivity index is 1.46. The highest BCUT2D eigenvalue weighted by Crippen LogP contribution is 2.20. The molecule has 0 spiro atoms. The van der Waals surface area contributed by atoms with Crippen LogP contribution in [0.1, 0.15) is 42.2 Å². The fourth-order valence-corrected chi connectivity index (χ4v) is 3.20. The zero-order chi connectivity index (χ0) is 16.2. The molecule has 2 aliphatic heterocycles. The minimum absolute atomic E-state index is 0.0873. The Kier molecular flexibility index (Phi) is 4.75. The summed E-state index contributed by atoms with van der Waals surface area (Å²) in [6.45, 7) is 3.87. The first kappa shape index (κ1) is 15.7. The molecule has 3 amide bonds. The summed E-state index contributed by atoms with van der Waals surface area (Å²) in [5, 5.41) is 6.17. The Labute approximate surface area is 134 Å². The third kappa shape index (κ3) is 3.79. The highest BCUT2D eigenvalue weighted by Gasteiger charge is 2.30. The highest BCUT2D eigenvalue weighted by atomic mass is 16.5. The van der Waals surface area contributed by atoms with Gasteiger partial charge in [0.1, 0.15) is 0 Å². The van der Waals surface area contributed by atoms with E-state index in [1.165, 1.54) is 19.3 Å². The number of aromatic nitrogens is 2. The van der Waals surface area contributed by atoms with E-state index in [0.29, 0.717) is 6.04 Å². The molecule has 1 aromatic rings. The molecule has 1 atom stereocenters. The monoisotopic (exact) mass is 322 g/mol. The summed E-state index contributed by atoms with van der Waals surface area (Å²) in [5.41, 5.74) is 5.04. The van der Waals surface area contributed by atoms with Gasteiger partial charge < -0.3 is 20.5 Å². The molecule has 9 nitrogen and oxygen atoms in total. The van der Waals surface area contributed by atoms with Gasteiger partial charge in [0.15, 0.2) is 0 Å². The molecule has 0 aromatic carbocycles. The molecule has 9 heteroatoms. The molecular weight excluding hydrogens is 300 g/mol. The van der Waals surface area contributed by atoms with Crippen molar-refractivity contribution in [3.63, 3.8) is 0 Å². The van der Waals surface area contributed by atoms with Crippen molar-refractivity contribution in [2.45, 2.75) is 38.3 Å². The van der Waals surface area contributed by atoms with Crippen LogP contribution >= 0.6 is 0 Å². The molecule has 0 aliphatic carbocycles. The number of hydrogen-bond donors (Lipinski definition) is 2. The lowest BCUT2D eigenvalue weighted by atomic mass is 10.1. The van der Waals surface area contributed by atoms with Gasteiger partial charge in [-0.15, -0.1) is 0 Å². The van der Waals surface area contributed by atoms with Gasteiger partial charge in [0, 0.05) is 19.1 Å². The maximum atomic E-state index is 12.2. The lowest BCUT2D eigenvalue weighted by molar-refractivity contribution is 0.0987. The van der Waals surface area contributed by atoms with Crippen molar-refractivity contribution in [3.05, 3.63) is 11.7 Å². The normalized spacial score (nSPS) is 22.3. The van der Waals surface area contributed by atoms with Crippen molar-refractivity contribution >= 4 is 11.9 Å². The summed E-state index contributed by atoms with van der Waals surface area (Å²) in [4.78, 5) is 31.2. The minimum Gasteiger partial charge on any atom is -0.363 e. The second-order valence-corrected chi connectivity index (χ2v) is 6.02. The molecule has 2 saturated heterocycles. The topological polar surface area (TPSA) is 118 Å². The van der Waals surface area contributed by atoms with Gasteiger partial charge in [-0.05, 0) is 32.4 Å². The van der Waals surface area contributed by atoms with Gasteiger partial charge in [0.25, 0.3) is 11.7 Å². The summed E-state index contributed by atoms with van der Waals surface area (Å²) in [7, 11) is 0. The number of likely N-dealkylation sites (tertiary alicyclic amines) is 2. The fourth-order valence-electron chi connectivity index (χ4n) is 3.20. The van der Waals surface area contributed by atoms with Crippen molar-refractivity contribution in [1.29, 1.82) is 0 Å². The SMILES string of the molecule is NC(=O)c1noc(CNC(=O)N2CC[C@H](N3CCCCC3)C2)n1. The summed E-state index contributed by atoms with van der Waals surface area (Å²) >= 11 is 0. The van der Waals surface area contributed by atoms with Crippen molar-refractivity contribution < 1.29 is 14.1 Å². The molecule has 0 bridgehead atoms. The van der Waals surface area contributed by atoms with Crippen LogP contribution in [0.25, 0.3) is 0 Å². The number of nitrogens with one attached hydrogen (secondary N) is 1. The smallest absolute Gasteiger partial charge is 0.317 e. The van der Waals surface area contributed by atoms with Crippen LogP contribution in [0.5, 0.6) is 0 Å². The molecule has 1 aromatic heterocycles. The van der Waals surface area contributed by atoms with Crippen LogP contribution in [0.15, 0.2) is 4.52 Å². The summed E-state index contributed by atoms with van der Waals surface area (Å²) in [5.74, 6) is -0.769. The summed E-state index contributed by atoms with van der Waals surface area (Å²) < 4.78 is 4.85. The van der Waals surface area contributed by atoms with Crippen LogP contribution < -0.4 is 11.1 Å². The first-order chi connectivity index (χ1) is 11.1. The standard InChI is InChI=1S/C14H22N6O3/c15-12(21)13-17-11(23-18-13)8-16-14(22)20-7-4-10(9-20)19-5-2-1-3-6-19/h10H,1-9H2,(H2,15,21)(H,16,22)/t10-/m0/s1. The number of hydrogen-bond acceptors (Lipinski definition) is 6. The van der Waals surface area contributed by atoms with E-state index in [9.17, 15) is 9.59 Å². The maximum absolute atomic E-state index is 12.2. The molecule has 0 unspecified atom stereocenters. The van der Waals surface area contributed by atoms with Crippen LogP contribution in [0, 0.1) is 0 Å². The van der Waals surface area contributed by atoms with Gasteiger partial charge in [-0.3, -0.25) is 9.69 Å². The number of rotatable bonds is 4. The summed E-state index contributed by atoms with van der Waals surface area (Å²) in [6, 6.07) is 0.314. The number of piperidine rings is 1. The van der Waals surface area contributed by atoms with E-state index < -0.39 is 5.91 Å². The van der Waals surface area contributed by atoms with Crippen molar-refractivity contribution in [2.24, 2.45) is 5.73 Å². The Morgan fingerprint density at radius 2 is 2.04 bits per heavy atom. The van der Waals surface area contributed by atoms with Gasteiger partial charge >= 0.3 is 6.03 Å². The number of nitrogens with two attached hydrogens (primary N) is 1. The highest BCUT2D eigenvalue weighted by molar-refractivity contribution is 5.88. The van der Waals surface area contributed by atoms with Crippen LogP contribution in [0.2, 0.25) is 0 Å². The third-order valence-corrected chi connectivity index (χ3v) is 4.44. The Morgan fingerprint density at radius 1 is 1.26 bits per heavy atom. The fraction of sp³-hybridized carbons (Fsp3) is 0.714. The average Bonchev–Trinajstić information content (AvgIpc) is 3.23. The summed E-state index contributed by atoms with van der Waals surface area (Å²) in [6.07, 6.45) is 4.83. The van der Waals surface area contributed by atoms with E-state index in [4.69, 9.17) is 10.3 Å². The van der Waals surface area contributed by atoms with Crippen LogP contribution in [0.4, 0.5) is 4.79 Å². The number of primary amides is 1. The molecule has 2 aliphatic rings. The van der Waals surface area contributed by atoms with Crippen molar-refractivity contribution in [2.75, 3.05) is 26.2 Å². The predicted octanol–water partition coefficient (Wildman–Crippen LogP) is -0.0617. The molecular formula is C14H22N6O3. The Bertz CT molecular complexity index is 569. The van der Waals surface area contributed by atoms with E-state index in [1.54, 1.807) is 0 Å². The van der Waals surface area contributed by atoms with Gasteiger partial charge in [-0.2, -0.15) is 4.98 Å². The quantitative estimate of drug-likeness (QED) is 0.802. The van der Waals surface area contributed by atoms with Crippen LogP contribution in [-0.2, 0) is 6.54 Å². The largest absolute Gasteiger partial charge is 0.363 e. The van der Waals surface area contributed by atoms with Crippen LogP contribution in [0.3, 0.4) is 0 Å². The Morgan fingerprint density at radius 3 is 2.74 bits per heavy atom. The van der Waals surface area contributed by atoms with E-state index in [2.05, 4.69) is 20.4 Å². The van der Waals surface area contributed by atoms with Gasteiger partial charge in [-0.25, -0.2) is 4.79 Å². The molecule has 23 heavy (non-hydrogen) atoms. The van der Waals surface area contributed by atoms with Crippen LogP contribution in [-0.4, -0.2) is 64.1 Å². The van der Waals surface area contributed by atoms with E-state index in [0.717, 1.165) is 32.6 Å². The van der Waals surface area contributed by atoms with Crippen molar-refractivity contribution in [1.82, 2.24) is 25.3 Å². The lowest BCUT2D eigenvalue weighted by Gasteiger charge is -2.32. The number of carbonyl (C=O) groups excluding carboxylic acids is 2. The molecule has 2 fully saturated rings. The van der Waals surface area contributed by atoms with Gasteiger partial charge in [0.2, 0.25) is 5.89 Å². The van der Waals surface area contributed by atoms with Crippen molar-refractivity contribution in [3.8, 4) is 0 Å². The molecule has 3 N–H and O–H groups in total. The van der Waals surface area contributed by atoms with Gasteiger partial charge in [-0.1, -0.05) is 11.6 Å². The molecule has 0 saturated carbocycles. The maximum Gasteiger partial charge on any atom is 0.317 e. The second kappa shape index (κ2) is 6.95. The molecule has 0 radical (unpaired) electrons. The number of carbonyl (C=O) groups is 2. The minimum atomic E-state index is -0.754. The second-order valence-electron chi connectivity index (χ2n) is 6.02. The average molecular weight is 322 g/mol. The number of urea groups is 1. The lowest BCUT2D eigenvalue weighted by Crippen LogP contribution is -2.43. The van der Waals surface area contributed by atoms with Gasteiger partial charge in [0.05, 0.1) is 6.54 Å². The zero-order valence-electron chi connectivity index (χ0n) is 13.0. The molecule has 3 heterocycles. The number of nitrogens with zero attached hydrogens (tertiary/aromatic N) is 4. The third-order valence-electron chi connectivity index (χ3n) is 4.44. The van der Waals surface area contributed by atoms with E-state index in [1.807, 2.05) is 4.90 Å². The number of amides is 3. The van der Waals surface area contributed by atoms with E-state index in [-0.39, 0.29) is 24.3 Å². The molecule has 3 rings (SSSR count). The van der Waals surface area contributed by atoms with E-state index >= 15 is 0 Å². The molecule has 126 valence electrons. The first-order valence-corrected chi connectivity index (χ1v) is 8.02. The predicted molar refractivity (Wildman–Crippen MR) is 80.5 cm³/mol. The zero-order valence-corrected chi connectivity index (χ0v) is 13.0. The Hall–Kier alpha value is -2.16.